The van der Waals surface area contributed by atoms with Gasteiger partial charge in [0, 0.05) is 18.5 Å². The summed E-state index contributed by atoms with van der Waals surface area (Å²) in [7, 11) is 0. The highest BCUT2D eigenvalue weighted by Gasteiger charge is 2.14. The quantitative estimate of drug-likeness (QED) is 0.733. The standard InChI is InChI=1S/C11H16ClNO/c1-9(13-8-7-12)11(14)10-5-3-2-4-6-10/h2-6,9,11,13-14H,7-8H2,1H3. The van der Waals surface area contributed by atoms with Gasteiger partial charge in [-0.1, -0.05) is 30.3 Å². The zero-order chi connectivity index (χ0) is 10.4. The van der Waals surface area contributed by atoms with Gasteiger partial charge in [-0.2, -0.15) is 0 Å². The fraction of sp³-hybridized carbons (Fsp3) is 0.455. The molecule has 0 saturated heterocycles. The van der Waals surface area contributed by atoms with E-state index in [2.05, 4.69) is 5.32 Å². The summed E-state index contributed by atoms with van der Waals surface area (Å²) in [5.41, 5.74) is 0.932. The Balaban J connectivity index is 2.52. The molecule has 0 heterocycles. The first kappa shape index (κ1) is 11.5. The van der Waals surface area contributed by atoms with Crippen LogP contribution in [0.4, 0.5) is 0 Å². The molecule has 1 aromatic rings. The molecular formula is C11H16ClNO. The molecule has 3 heteroatoms. The van der Waals surface area contributed by atoms with Crippen LogP contribution < -0.4 is 5.32 Å². The molecule has 2 atom stereocenters. The second-order valence-electron chi connectivity index (χ2n) is 3.29. The van der Waals surface area contributed by atoms with Crippen molar-refractivity contribution in [1.82, 2.24) is 5.32 Å². The van der Waals surface area contributed by atoms with Crippen LogP contribution in [0.15, 0.2) is 30.3 Å². The Bertz CT molecular complexity index is 253. The van der Waals surface area contributed by atoms with Crippen molar-refractivity contribution in [3.63, 3.8) is 0 Å². The van der Waals surface area contributed by atoms with Gasteiger partial charge in [-0.15, -0.1) is 11.6 Å². The van der Waals surface area contributed by atoms with E-state index in [1.54, 1.807) is 0 Å². The van der Waals surface area contributed by atoms with Gasteiger partial charge in [0.05, 0.1) is 6.10 Å². The molecular weight excluding hydrogens is 198 g/mol. The van der Waals surface area contributed by atoms with Gasteiger partial charge in [0.25, 0.3) is 0 Å². The average molecular weight is 214 g/mol. The van der Waals surface area contributed by atoms with E-state index in [0.29, 0.717) is 12.4 Å². The summed E-state index contributed by atoms with van der Waals surface area (Å²) in [4.78, 5) is 0. The van der Waals surface area contributed by atoms with E-state index in [1.807, 2.05) is 37.3 Å². The van der Waals surface area contributed by atoms with Gasteiger partial charge < -0.3 is 10.4 Å². The van der Waals surface area contributed by atoms with Crippen LogP contribution in [0, 0.1) is 0 Å². The Hall–Kier alpha value is -0.570. The third-order valence-electron chi connectivity index (χ3n) is 2.18. The third kappa shape index (κ3) is 3.29. The minimum atomic E-state index is -0.473. The monoisotopic (exact) mass is 213 g/mol. The first-order valence-electron chi connectivity index (χ1n) is 4.78. The fourth-order valence-corrected chi connectivity index (χ4v) is 1.44. The molecule has 14 heavy (non-hydrogen) atoms. The lowest BCUT2D eigenvalue weighted by molar-refractivity contribution is 0.137. The molecule has 2 N–H and O–H groups in total. The largest absolute Gasteiger partial charge is 0.387 e. The first-order valence-corrected chi connectivity index (χ1v) is 5.31. The van der Waals surface area contributed by atoms with Crippen molar-refractivity contribution in [2.24, 2.45) is 0 Å². The zero-order valence-electron chi connectivity index (χ0n) is 8.28. The van der Waals surface area contributed by atoms with Crippen LogP contribution in [0.5, 0.6) is 0 Å². The number of benzene rings is 1. The molecule has 2 nitrogen and oxygen atoms in total. The topological polar surface area (TPSA) is 32.3 Å². The summed E-state index contributed by atoms with van der Waals surface area (Å²) >= 11 is 5.55. The minimum absolute atomic E-state index is 0.0242. The van der Waals surface area contributed by atoms with Crippen LogP contribution in [0.1, 0.15) is 18.6 Å². The summed E-state index contributed by atoms with van der Waals surface area (Å²) in [6.07, 6.45) is -0.473. The van der Waals surface area contributed by atoms with Gasteiger partial charge in [0.15, 0.2) is 0 Å². The normalized spacial score (nSPS) is 15.1. The molecule has 0 aromatic heterocycles. The summed E-state index contributed by atoms with van der Waals surface area (Å²) in [5.74, 6) is 0.561. The molecule has 2 unspecified atom stereocenters. The van der Waals surface area contributed by atoms with Crippen LogP contribution in [0.25, 0.3) is 0 Å². The zero-order valence-corrected chi connectivity index (χ0v) is 9.04. The van der Waals surface area contributed by atoms with Gasteiger partial charge in [-0.05, 0) is 12.5 Å². The minimum Gasteiger partial charge on any atom is -0.387 e. The van der Waals surface area contributed by atoms with Crippen molar-refractivity contribution < 1.29 is 5.11 Å². The summed E-state index contributed by atoms with van der Waals surface area (Å²) in [6.45, 7) is 2.66. The molecule has 0 amide bonds. The second-order valence-corrected chi connectivity index (χ2v) is 3.67. The predicted molar refractivity (Wildman–Crippen MR) is 59.6 cm³/mol. The lowest BCUT2D eigenvalue weighted by Crippen LogP contribution is -2.33. The molecule has 1 rings (SSSR count). The van der Waals surface area contributed by atoms with Gasteiger partial charge in [-0.25, -0.2) is 0 Å². The van der Waals surface area contributed by atoms with Crippen molar-refractivity contribution >= 4 is 11.6 Å². The van der Waals surface area contributed by atoms with Crippen molar-refractivity contribution in [3.05, 3.63) is 35.9 Å². The van der Waals surface area contributed by atoms with E-state index in [4.69, 9.17) is 11.6 Å². The maximum atomic E-state index is 9.91. The molecule has 0 spiro atoms. The number of aliphatic hydroxyl groups excluding tert-OH is 1. The Labute approximate surface area is 89.9 Å². The van der Waals surface area contributed by atoms with Crippen LogP contribution in [-0.2, 0) is 0 Å². The van der Waals surface area contributed by atoms with Crippen LogP contribution in [0.3, 0.4) is 0 Å². The predicted octanol–water partition coefficient (Wildman–Crippen LogP) is 1.94. The van der Waals surface area contributed by atoms with Gasteiger partial charge >= 0.3 is 0 Å². The average Bonchev–Trinajstić information content (AvgIpc) is 2.26. The van der Waals surface area contributed by atoms with Crippen molar-refractivity contribution in [3.8, 4) is 0 Å². The highest BCUT2D eigenvalue weighted by atomic mass is 35.5. The maximum Gasteiger partial charge on any atom is 0.0940 e. The summed E-state index contributed by atoms with van der Waals surface area (Å²) < 4.78 is 0. The highest BCUT2D eigenvalue weighted by molar-refractivity contribution is 6.18. The molecule has 0 saturated carbocycles. The van der Waals surface area contributed by atoms with Crippen molar-refractivity contribution in [2.75, 3.05) is 12.4 Å². The van der Waals surface area contributed by atoms with E-state index in [9.17, 15) is 5.11 Å². The molecule has 0 fully saturated rings. The molecule has 0 bridgehead atoms. The number of nitrogens with one attached hydrogen (secondary N) is 1. The van der Waals surface area contributed by atoms with E-state index >= 15 is 0 Å². The van der Waals surface area contributed by atoms with Crippen LogP contribution in [-0.4, -0.2) is 23.6 Å². The number of halogens is 1. The number of alkyl halides is 1. The SMILES string of the molecule is CC(NCCCl)C(O)c1ccccc1. The smallest absolute Gasteiger partial charge is 0.0940 e. The molecule has 0 aliphatic carbocycles. The molecule has 78 valence electrons. The third-order valence-corrected chi connectivity index (χ3v) is 2.36. The Morgan fingerprint density at radius 3 is 2.57 bits per heavy atom. The van der Waals surface area contributed by atoms with E-state index < -0.39 is 6.10 Å². The van der Waals surface area contributed by atoms with E-state index in [1.165, 1.54) is 0 Å². The van der Waals surface area contributed by atoms with E-state index in [0.717, 1.165) is 5.56 Å². The van der Waals surface area contributed by atoms with Gasteiger partial charge in [-0.3, -0.25) is 0 Å². The molecule has 1 aromatic carbocycles. The summed E-state index contributed by atoms with van der Waals surface area (Å²) in [5, 5.41) is 13.1. The Morgan fingerprint density at radius 1 is 1.36 bits per heavy atom. The maximum absolute atomic E-state index is 9.91. The highest BCUT2D eigenvalue weighted by Crippen LogP contribution is 2.15. The van der Waals surface area contributed by atoms with Crippen molar-refractivity contribution in [2.45, 2.75) is 19.1 Å². The van der Waals surface area contributed by atoms with Gasteiger partial charge in [0.1, 0.15) is 0 Å². The van der Waals surface area contributed by atoms with Gasteiger partial charge in [0.2, 0.25) is 0 Å². The number of hydrogen-bond acceptors (Lipinski definition) is 2. The van der Waals surface area contributed by atoms with Crippen LogP contribution in [0.2, 0.25) is 0 Å². The molecule has 0 aliphatic rings. The number of aliphatic hydroxyl groups is 1. The molecule has 0 aliphatic heterocycles. The lowest BCUT2D eigenvalue weighted by Gasteiger charge is -2.20. The van der Waals surface area contributed by atoms with Crippen molar-refractivity contribution in [1.29, 1.82) is 0 Å². The Kier molecular flexibility index (Phi) is 4.94. The number of hydrogen-bond donors (Lipinski definition) is 2. The summed E-state index contributed by atoms with van der Waals surface area (Å²) in [6, 6.07) is 9.65. The fourth-order valence-electron chi connectivity index (χ4n) is 1.33. The number of rotatable bonds is 5. The van der Waals surface area contributed by atoms with E-state index in [-0.39, 0.29) is 6.04 Å². The van der Waals surface area contributed by atoms with Crippen LogP contribution >= 0.6 is 11.6 Å². The first-order chi connectivity index (χ1) is 6.75. The Morgan fingerprint density at radius 2 is 2.00 bits per heavy atom. The lowest BCUT2D eigenvalue weighted by atomic mass is 10.0. The molecule has 0 radical (unpaired) electrons. The second kappa shape index (κ2) is 6.02.